The molecule has 1 N–H and O–H groups in total. The first-order valence-corrected chi connectivity index (χ1v) is 9.01. The minimum atomic E-state index is 0.0380. The van der Waals surface area contributed by atoms with Gasteiger partial charge in [0.05, 0.1) is 13.0 Å². The van der Waals surface area contributed by atoms with Gasteiger partial charge >= 0.3 is 0 Å². The Morgan fingerprint density at radius 3 is 3.04 bits per heavy atom. The molecule has 2 heterocycles. The number of likely N-dealkylation sites (tertiary alicyclic amines) is 1. The molecular formula is C19H26N2O3. The molecule has 2 amide bonds. The molecule has 1 aromatic rings. The van der Waals surface area contributed by atoms with Crippen LogP contribution < -0.4 is 10.1 Å². The van der Waals surface area contributed by atoms with E-state index in [2.05, 4.69) is 11.4 Å². The second-order valence-corrected chi connectivity index (χ2v) is 6.61. The van der Waals surface area contributed by atoms with Gasteiger partial charge in [0.25, 0.3) is 0 Å². The van der Waals surface area contributed by atoms with Crippen LogP contribution in [0, 0.1) is 0 Å². The average molecular weight is 330 g/mol. The number of benzene rings is 1. The van der Waals surface area contributed by atoms with Gasteiger partial charge in [-0.3, -0.25) is 9.59 Å². The van der Waals surface area contributed by atoms with Crippen molar-refractivity contribution in [1.82, 2.24) is 10.2 Å². The molecule has 2 aliphatic rings. The summed E-state index contributed by atoms with van der Waals surface area (Å²) in [5, 5.41) is 2.96. The standard InChI is InChI=1S/C19H26N2O3/c22-18(14-15-6-7-17-16(13-15)8-12-24-17)20-9-4-11-21-10-3-1-2-5-19(21)23/h6-7,13H,1-5,8-12,14H2,(H,20,22). The van der Waals surface area contributed by atoms with Crippen LogP contribution in [0.3, 0.4) is 0 Å². The summed E-state index contributed by atoms with van der Waals surface area (Å²) in [5.41, 5.74) is 2.22. The van der Waals surface area contributed by atoms with Gasteiger partial charge in [-0.15, -0.1) is 0 Å². The molecule has 0 radical (unpaired) electrons. The third-order valence-electron chi connectivity index (χ3n) is 4.72. The van der Waals surface area contributed by atoms with Gasteiger partial charge in [-0.05, 0) is 36.5 Å². The van der Waals surface area contributed by atoms with Crippen LogP contribution >= 0.6 is 0 Å². The maximum Gasteiger partial charge on any atom is 0.224 e. The minimum Gasteiger partial charge on any atom is -0.493 e. The second-order valence-electron chi connectivity index (χ2n) is 6.61. The van der Waals surface area contributed by atoms with Crippen molar-refractivity contribution in [3.63, 3.8) is 0 Å². The predicted molar refractivity (Wildman–Crippen MR) is 92.0 cm³/mol. The topological polar surface area (TPSA) is 58.6 Å². The third kappa shape index (κ3) is 4.49. The van der Waals surface area contributed by atoms with Gasteiger partial charge in [0, 0.05) is 32.5 Å². The Morgan fingerprint density at radius 1 is 1.21 bits per heavy atom. The van der Waals surface area contributed by atoms with Crippen LogP contribution in [0.15, 0.2) is 18.2 Å². The molecule has 130 valence electrons. The van der Waals surface area contributed by atoms with Crippen LogP contribution in [0.25, 0.3) is 0 Å². The zero-order valence-electron chi connectivity index (χ0n) is 14.2. The lowest BCUT2D eigenvalue weighted by atomic mass is 10.1. The molecule has 0 saturated carbocycles. The Bertz CT molecular complexity index is 600. The van der Waals surface area contributed by atoms with Crippen molar-refractivity contribution in [2.45, 2.75) is 44.9 Å². The zero-order chi connectivity index (χ0) is 16.8. The third-order valence-corrected chi connectivity index (χ3v) is 4.72. The fourth-order valence-corrected chi connectivity index (χ4v) is 3.37. The molecule has 0 spiro atoms. The molecule has 1 saturated heterocycles. The van der Waals surface area contributed by atoms with E-state index in [1.165, 1.54) is 5.56 Å². The van der Waals surface area contributed by atoms with Gasteiger partial charge < -0.3 is 15.0 Å². The number of amides is 2. The van der Waals surface area contributed by atoms with E-state index in [0.717, 1.165) is 63.1 Å². The van der Waals surface area contributed by atoms with E-state index in [1.54, 1.807) is 0 Å². The van der Waals surface area contributed by atoms with Crippen LogP contribution in [-0.4, -0.2) is 43.0 Å². The molecule has 3 rings (SSSR count). The van der Waals surface area contributed by atoms with E-state index < -0.39 is 0 Å². The van der Waals surface area contributed by atoms with Crippen molar-refractivity contribution in [2.75, 3.05) is 26.2 Å². The second kappa shape index (κ2) is 8.18. The van der Waals surface area contributed by atoms with Crippen molar-refractivity contribution in [3.8, 4) is 5.75 Å². The Morgan fingerprint density at radius 2 is 2.12 bits per heavy atom. The van der Waals surface area contributed by atoms with Crippen LogP contribution in [0.2, 0.25) is 0 Å². The van der Waals surface area contributed by atoms with Crippen molar-refractivity contribution in [1.29, 1.82) is 0 Å². The summed E-state index contributed by atoms with van der Waals surface area (Å²) >= 11 is 0. The Hall–Kier alpha value is -2.04. The lowest BCUT2D eigenvalue weighted by molar-refractivity contribution is -0.130. The molecule has 1 aromatic carbocycles. The molecule has 5 heteroatoms. The summed E-state index contributed by atoms with van der Waals surface area (Å²) < 4.78 is 5.48. The van der Waals surface area contributed by atoms with Crippen molar-refractivity contribution in [3.05, 3.63) is 29.3 Å². The molecule has 0 unspecified atom stereocenters. The van der Waals surface area contributed by atoms with Crippen molar-refractivity contribution < 1.29 is 14.3 Å². The predicted octanol–water partition coefficient (Wildman–Crippen LogP) is 2.07. The zero-order valence-corrected chi connectivity index (χ0v) is 14.2. The van der Waals surface area contributed by atoms with Gasteiger partial charge in [-0.25, -0.2) is 0 Å². The monoisotopic (exact) mass is 330 g/mol. The van der Waals surface area contributed by atoms with Gasteiger partial charge in [0.15, 0.2) is 0 Å². The summed E-state index contributed by atoms with van der Waals surface area (Å²) in [7, 11) is 0. The highest BCUT2D eigenvalue weighted by Gasteiger charge is 2.16. The Balaban J connectivity index is 1.37. The lowest BCUT2D eigenvalue weighted by Gasteiger charge is -2.20. The number of fused-ring (bicyclic) bond motifs is 1. The number of carbonyl (C=O) groups excluding carboxylic acids is 2. The summed E-state index contributed by atoms with van der Waals surface area (Å²) in [6.07, 6.45) is 6.07. The molecule has 0 atom stereocenters. The van der Waals surface area contributed by atoms with Crippen LogP contribution in [0.1, 0.15) is 43.2 Å². The highest BCUT2D eigenvalue weighted by atomic mass is 16.5. The maximum absolute atomic E-state index is 12.1. The summed E-state index contributed by atoms with van der Waals surface area (Å²) in [6.45, 7) is 2.97. The normalized spacial score (nSPS) is 17.2. The van der Waals surface area contributed by atoms with Crippen LogP contribution in [-0.2, 0) is 22.4 Å². The van der Waals surface area contributed by atoms with Gasteiger partial charge in [0.1, 0.15) is 5.75 Å². The fourth-order valence-electron chi connectivity index (χ4n) is 3.37. The quantitative estimate of drug-likeness (QED) is 0.813. The van der Waals surface area contributed by atoms with E-state index in [4.69, 9.17) is 4.74 Å². The molecule has 0 aromatic heterocycles. The largest absolute Gasteiger partial charge is 0.493 e. The van der Waals surface area contributed by atoms with Crippen LogP contribution in [0.5, 0.6) is 5.75 Å². The lowest BCUT2D eigenvalue weighted by Crippen LogP contribution is -2.34. The number of hydrogen-bond donors (Lipinski definition) is 1. The van der Waals surface area contributed by atoms with Crippen molar-refractivity contribution >= 4 is 11.8 Å². The van der Waals surface area contributed by atoms with E-state index in [-0.39, 0.29) is 11.8 Å². The molecule has 0 bridgehead atoms. The smallest absolute Gasteiger partial charge is 0.224 e. The Labute approximate surface area is 143 Å². The summed E-state index contributed by atoms with van der Waals surface area (Å²) in [6, 6.07) is 5.98. The summed E-state index contributed by atoms with van der Waals surface area (Å²) in [5.74, 6) is 1.25. The number of nitrogens with one attached hydrogen (secondary N) is 1. The fraction of sp³-hybridized carbons (Fsp3) is 0.579. The van der Waals surface area contributed by atoms with E-state index >= 15 is 0 Å². The molecule has 5 nitrogen and oxygen atoms in total. The molecular weight excluding hydrogens is 304 g/mol. The first-order chi connectivity index (χ1) is 11.7. The first-order valence-electron chi connectivity index (χ1n) is 9.01. The van der Waals surface area contributed by atoms with Gasteiger partial charge in [-0.1, -0.05) is 18.6 Å². The van der Waals surface area contributed by atoms with E-state index in [9.17, 15) is 9.59 Å². The first kappa shape index (κ1) is 16.8. The van der Waals surface area contributed by atoms with E-state index in [0.29, 0.717) is 19.4 Å². The minimum absolute atomic E-state index is 0.0380. The Kier molecular flexibility index (Phi) is 5.72. The van der Waals surface area contributed by atoms with Gasteiger partial charge in [0.2, 0.25) is 11.8 Å². The summed E-state index contributed by atoms with van der Waals surface area (Å²) in [4.78, 5) is 25.9. The molecule has 24 heavy (non-hydrogen) atoms. The van der Waals surface area contributed by atoms with E-state index in [1.807, 2.05) is 17.0 Å². The highest BCUT2D eigenvalue weighted by molar-refractivity contribution is 5.78. The number of ether oxygens (including phenoxy) is 1. The number of rotatable bonds is 6. The number of carbonyl (C=O) groups is 2. The van der Waals surface area contributed by atoms with Crippen molar-refractivity contribution in [2.24, 2.45) is 0 Å². The molecule has 0 aliphatic carbocycles. The SMILES string of the molecule is O=C(Cc1ccc2c(c1)CCO2)NCCCN1CCCCCC1=O. The molecule has 2 aliphatic heterocycles. The number of hydrogen-bond acceptors (Lipinski definition) is 3. The molecule has 1 fully saturated rings. The number of nitrogens with zero attached hydrogens (tertiary/aromatic N) is 1. The maximum atomic E-state index is 12.1. The van der Waals surface area contributed by atoms with Gasteiger partial charge in [-0.2, -0.15) is 0 Å². The van der Waals surface area contributed by atoms with Crippen LogP contribution in [0.4, 0.5) is 0 Å². The average Bonchev–Trinajstić information content (AvgIpc) is 2.94. The highest BCUT2D eigenvalue weighted by Crippen LogP contribution is 2.25.